The third kappa shape index (κ3) is 6.93. The largest absolute Gasteiger partial charge is 0.490 e. The highest BCUT2D eigenvalue weighted by molar-refractivity contribution is 7.07. The normalized spacial score (nSPS) is 14.2. The van der Waals surface area contributed by atoms with Crippen LogP contribution in [0.15, 0.2) is 82.2 Å². The molecule has 0 aliphatic carbocycles. The molecule has 1 aliphatic heterocycles. The minimum Gasteiger partial charge on any atom is -0.490 e. The van der Waals surface area contributed by atoms with E-state index >= 15 is 0 Å². The van der Waals surface area contributed by atoms with Gasteiger partial charge >= 0.3 is 5.97 Å². The third-order valence-electron chi connectivity index (χ3n) is 6.86. The van der Waals surface area contributed by atoms with Crippen molar-refractivity contribution in [2.24, 2.45) is 4.99 Å². The molecule has 234 valence electrons. The maximum atomic E-state index is 14.0. The lowest BCUT2D eigenvalue weighted by atomic mass is 9.97. The van der Waals surface area contributed by atoms with E-state index in [4.69, 9.17) is 23.7 Å². The van der Waals surface area contributed by atoms with Crippen LogP contribution >= 0.6 is 11.3 Å². The van der Waals surface area contributed by atoms with Gasteiger partial charge in [0.05, 0.1) is 43.1 Å². The van der Waals surface area contributed by atoms with Crippen LogP contribution < -0.4 is 33.8 Å². The van der Waals surface area contributed by atoms with Crippen LogP contribution in [-0.2, 0) is 16.1 Å². The summed E-state index contributed by atoms with van der Waals surface area (Å²) < 4.78 is 43.9. The van der Waals surface area contributed by atoms with Crippen molar-refractivity contribution in [2.45, 2.75) is 33.4 Å². The van der Waals surface area contributed by atoms with E-state index in [1.807, 2.05) is 20.8 Å². The van der Waals surface area contributed by atoms with Crippen molar-refractivity contribution in [3.8, 4) is 23.0 Å². The Bertz CT molecular complexity index is 1910. The number of rotatable bonds is 12. The molecule has 0 unspecified atom stereocenters. The summed E-state index contributed by atoms with van der Waals surface area (Å²) in [7, 11) is 1.29. The van der Waals surface area contributed by atoms with E-state index in [0.29, 0.717) is 68.8 Å². The number of hydrogen-bond acceptors (Lipinski definition) is 9. The summed E-state index contributed by atoms with van der Waals surface area (Å²) >= 11 is 1.20. The molecule has 11 heteroatoms. The molecular weight excluding hydrogens is 599 g/mol. The highest BCUT2D eigenvalue weighted by Crippen LogP contribution is 2.35. The zero-order valence-electron chi connectivity index (χ0n) is 25.4. The quantitative estimate of drug-likeness (QED) is 0.204. The fraction of sp³-hybridized carbons (Fsp3) is 0.265. The summed E-state index contributed by atoms with van der Waals surface area (Å²) in [5, 5.41) is 0. The minimum atomic E-state index is -0.802. The van der Waals surface area contributed by atoms with E-state index in [1.165, 1.54) is 41.3 Å². The molecule has 1 aromatic heterocycles. The van der Waals surface area contributed by atoms with Crippen LogP contribution in [0.2, 0.25) is 0 Å². The molecule has 9 nitrogen and oxygen atoms in total. The first kappa shape index (κ1) is 31.5. The Morgan fingerprint density at radius 3 is 2.31 bits per heavy atom. The molecule has 4 aromatic rings. The number of carbonyl (C=O) groups excluding carboxylic acids is 1. The van der Waals surface area contributed by atoms with Crippen molar-refractivity contribution >= 4 is 23.4 Å². The minimum absolute atomic E-state index is 0.162. The average molecular weight is 633 g/mol. The Morgan fingerprint density at radius 1 is 0.911 bits per heavy atom. The topological polar surface area (TPSA) is 97.6 Å². The number of benzene rings is 3. The Labute approximate surface area is 263 Å². The van der Waals surface area contributed by atoms with Gasteiger partial charge in [0, 0.05) is 6.20 Å². The molecule has 0 amide bonds. The summed E-state index contributed by atoms with van der Waals surface area (Å²) in [5.74, 6) is 1.11. The molecule has 0 N–H and O–H groups in total. The Kier molecular flexibility index (Phi) is 9.99. The molecule has 0 spiro atoms. The zero-order chi connectivity index (χ0) is 31.9. The first-order valence-corrected chi connectivity index (χ1v) is 15.3. The Morgan fingerprint density at radius 2 is 1.60 bits per heavy atom. The Balaban J connectivity index is 1.54. The van der Waals surface area contributed by atoms with Gasteiger partial charge in [-0.3, -0.25) is 9.36 Å². The van der Waals surface area contributed by atoms with E-state index in [1.54, 1.807) is 54.6 Å². The summed E-state index contributed by atoms with van der Waals surface area (Å²) in [6.07, 6.45) is 3.19. The van der Waals surface area contributed by atoms with Crippen molar-refractivity contribution < 1.29 is 32.9 Å². The van der Waals surface area contributed by atoms with Gasteiger partial charge < -0.3 is 23.7 Å². The zero-order valence-corrected chi connectivity index (χ0v) is 26.2. The van der Waals surface area contributed by atoms with Gasteiger partial charge in [0.15, 0.2) is 27.8 Å². The second-order valence-electron chi connectivity index (χ2n) is 9.81. The van der Waals surface area contributed by atoms with Gasteiger partial charge in [-0.05, 0) is 79.9 Å². The first-order chi connectivity index (χ1) is 21.9. The fourth-order valence-electron chi connectivity index (χ4n) is 4.93. The molecule has 2 heterocycles. The van der Waals surface area contributed by atoms with Crippen LogP contribution in [-0.4, -0.2) is 37.5 Å². The summed E-state index contributed by atoms with van der Waals surface area (Å²) in [6, 6.07) is 16.1. The molecule has 3 aromatic carbocycles. The maximum Gasteiger partial charge on any atom is 0.337 e. The lowest BCUT2D eigenvalue weighted by Crippen LogP contribution is -2.39. The van der Waals surface area contributed by atoms with Crippen molar-refractivity contribution in [3.63, 3.8) is 0 Å². The highest BCUT2D eigenvalue weighted by Gasteiger charge is 2.31. The predicted molar refractivity (Wildman–Crippen MR) is 168 cm³/mol. The summed E-state index contributed by atoms with van der Waals surface area (Å²) in [5.41, 5.74) is 1.91. The highest BCUT2D eigenvalue weighted by atomic mass is 32.1. The number of thiazole rings is 1. The number of hydrogen-bond donors (Lipinski definition) is 0. The monoisotopic (exact) mass is 632 g/mol. The maximum absolute atomic E-state index is 14.0. The number of aromatic nitrogens is 1. The molecule has 0 bridgehead atoms. The van der Waals surface area contributed by atoms with Crippen LogP contribution in [0.1, 0.15) is 43.5 Å². The number of methoxy groups -OCH3 is 1. The van der Waals surface area contributed by atoms with Crippen LogP contribution in [0.5, 0.6) is 23.0 Å². The van der Waals surface area contributed by atoms with Gasteiger partial charge in [-0.25, -0.2) is 14.2 Å². The molecule has 0 saturated heterocycles. The summed E-state index contributed by atoms with van der Waals surface area (Å²) in [4.78, 5) is 31.7. The molecule has 0 fully saturated rings. The van der Waals surface area contributed by atoms with Gasteiger partial charge in [0.25, 0.3) is 5.56 Å². The number of carbonyl (C=O) groups is 1. The van der Waals surface area contributed by atoms with Gasteiger partial charge in [-0.2, -0.15) is 0 Å². The van der Waals surface area contributed by atoms with E-state index in [2.05, 4.69) is 4.99 Å². The number of esters is 1. The smallest absolute Gasteiger partial charge is 0.337 e. The number of halogens is 1. The van der Waals surface area contributed by atoms with E-state index in [9.17, 15) is 14.0 Å². The standard InChI is InChI=1S/C34H33FN2O7S/c1-5-41-26-14-12-23(18-29(26)43-7-3)31-25(33(39)40-4)19-36-34-37(31)32(38)30(45-34)17-21-11-13-27(28(16-21)42-6-2)44-20-22-9-8-10-24(35)15-22/h8-19,31H,5-7,20H2,1-4H3/b30-17-/t31-/m0/s1. The van der Waals surface area contributed by atoms with E-state index in [0.717, 1.165) is 0 Å². The van der Waals surface area contributed by atoms with Crippen LogP contribution in [0.3, 0.4) is 0 Å². The fourth-order valence-corrected chi connectivity index (χ4v) is 5.90. The average Bonchev–Trinajstić information content (AvgIpc) is 3.35. The van der Waals surface area contributed by atoms with E-state index in [-0.39, 0.29) is 23.6 Å². The van der Waals surface area contributed by atoms with Gasteiger partial charge in [0.2, 0.25) is 0 Å². The first-order valence-electron chi connectivity index (χ1n) is 14.5. The molecule has 0 saturated carbocycles. The lowest BCUT2D eigenvalue weighted by Gasteiger charge is -2.23. The molecule has 1 atom stereocenters. The second-order valence-corrected chi connectivity index (χ2v) is 10.8. The van der Waals surface area contributed by atoms with Crippen molar-refractivity contribution in [2.75, 3.05) is 26.9 Å². The van der Waals surface area contributed by atoms with Gasteiger partial charge in [-0.1, -0.05) is 35.6 Å². The summed E-state index contributed by atoms with van der Waals surface area (Å²) in [6.45, 7) is 7.02. The van der Waals surface area contributed by atoms with Crippen molar-refractivity contribution in [1.29, 1.82) is 0 Å². The Hall–Kier alpha value is -4.90. The van der Waals surface area contributed by atoms with Gasteiger partial charge in [0.1, 0.15) is 12.4 Å². The van der Waals surface area contributed by atoms with Crippen LogP contribution in [0.25, 0.3) is 6.08 Å². The second kappa shape index (κ2) is 14.3. The van der Waals surface area contributed by atoms with Crippen molar-refractivity contribution in [3.05, 3.63) is 115 Å². The molecule has 0 radical (unpaired) electrons. The van der Waals surface area contributed by atoms with Gasteiger partial charge in [-0.15, -0.1) is 0 Å². The van der Waals surface area contributed by atoms with Crippen molar-refractivity contribution in [1.82, 2.24) is 4.57 Å². The molecular formula is C34H33FN2O7S. The SMILES string of the molecule is CCOc1ccc([C@H]2C(C(=O)OC)=CN=c3s/c(=C\c4ccc(OCc5cccc(F)c5)c(OCC)c4)c(=O)n32)cc1OCC. The molecule has 1 aliphatic rings. The number of fused-ring (bicyclic) bond motifs is 1. The lowest BCUT2D eigenvalue weighted by molar-refractivity contribution is -0.136. The van der Waals surface area contributed by atoms with Crippen LogP contribution in [0, 0.1) is 5.82 Å². The number of nitrogens with zero attached hydrogens (tertiary/aromatic N) is 2. The number of ether oxygens (including phenoxy) is 5. The molecule has 45 heavy (non-hydrogen) atoms. The van der Waals surface area contributed by atoms with Crippen LogP contribution in [0.4, 0.5) is 4.39 Å². The molecule has 5 rings (SSSR count). The van der Waals surface area contributed by atoms with E-state index < -0.39 is 12.0 Å². The predicted octanol–water partition coefficient (Wildman–Crippen LogP) is 4.93. The third-order valence-corrected chi connectivity index (χ3v) is 7.85.